The summed E-state index contributed by atoms with van der Waals surface area (Å²) < 4.78 is 15.9. The van der Waals surface area contributed by atoms with Crippen molar-refractivity contribution in [1.29, 1.82) is 0 Å². The average Bonchev–Trinajstić information content (AvgIpc) is 3.21. The summed E-state index contributed by atoms with van der Waals surface area (Å²) in [4.78, 5) is 16.7. The number of hydrogen-bond acceptors (Lipinski definition) is 8. The zero-order valence-electron chi connectivity index (χ0n) is 15.7. The predicted molar refractivity (Wildman–Crippen MR) is 114 cm³/mol. The third kappa shape index (κ3) is 3.97. The van der Waals surface area contributed by atoms with Gasteiger partial charge in [-0.3, -0.25) is 5.43 Å². The number of fused-ring (bicyclic) bond motifs is 1. The number of para-hydroxylation sites is 1. The van der Waals surface area contributed by atoms with Crippen molar-refractivity contribution in [3.8, 4) is 22.8 Å². The number of nitrogens with zero attached hydrogens (tertiary/aromatic N) is 2. The van der Waals surface area contributed by atoms with E-state index in [9.17, 15) is 4.79 Å². The van der Waals surface area contributed by atoms with Gasteiger partial charge in [0.15, 0.2) is 11.5 Å². The van der Waals surface area contributed by atoms with Gasteiger partial charge in [0.2, 0.25) is 5.13 Å². The van der Waals surface area contributed by atoms with E-state index in [-0.39, 0.29) is 0 Å². The first-order chi connectivity index (χ1) is 14.2. The van der Waals surface area contributed by atoms with Gasteiger partial charge in [0, 0.05) is 10.8 Å². The highest BCUT2D eigenvalue weighted by molar-refractivity contribution is 7.14. The molecule has 4 aromatic rings. The fourth-order valence-electron chi connectivity index (χ4n) is 2.78. The van der Waals surface area contributed by atoms with Crippen LogP contribution < -0.4 is 20.5 Å². The first-order valence-electron chi connectivity index (χ1n) is 8.68. The van der Waals surface area contributed by atoms with E-state index in [1.54, 1.807) is 44.0 Å². The van der Waals surface area contributed by atoms with Crippen molar-refractivity contribution >= 4 is 33.7 Å². The van der Waals surface area contributed by atoms with Crippen LogP contribution in [0.3, 0.4) is 0 Å². The Hall–Kier alpha value is -3.65. The smallest absolute Gasteiger partial charge is 0.345 e. The van der Waals surface area contributed by atoms with E-state index in [1.165, 1.54) is 11.3 Å². The molecule has 0 aliphatic rings. The van der Waals surface area contributed by atoms with Crippen molar-refractivity contribution < 1.29 is 13.9 Å². The van der Waals surface area contributed by atoms with Gasteiger partial charge in [-0.15, -0.1) is 11.3 Å². The summed E-state index contributed by atoms with van der Waals surface area (Å²) >= 11 is 1.35. The molecule has 4 rings (SSSR count). The van der Waals surface area contributed by atoms with Crippen LogP contribution in [0.5, 0.6) is 11.5 Å². The highest BCUT2D eigenvalue weighted by Crippen LogP contribution is 2.27. The number of nitrogens with one attached hydrogen (secondary N) is 1. The van der Waals surface area contributed by atoms with Crippen molar-refractivity contribution in [2.75, 3.05) is 19.6 Å². The molecule has 0 bridgehead atoms. The van der Waals surface area contributed by atoms with Crippen LogP contribution in [0.2, 0.25) is 0 Å². The number of hydrazone groups is 1. The second-order valence-corrected chi connectivity index (χ2v) is 6.87. The second kappa shape index (κ2) is 8.15. The summed E-state index contributed by atoms with van der Waals surface area (Å²) in [7, 11) is 3.17. The molecule has 29 heavy (non-hydrogen) atoms. The Morgan fingerprint density at radius 3 is 2.76 bits per heavy atom. The molecule has 2 aromatic heterocycles. The molecule has 2 aromatic carbocycles. The van der Waals surface area contributed by atoms with Crippen molar-refractivity contribution in [2.45, 2.75) is 0 Å². The highest BCUT2D eigenvalue weighted by Gasteiger charge is 2.11. The zero-order chi connectivity index (χ0) is 20.2. The number of anilines is 1. The lowest BCUT2D eigenvalue weighted by molar-refractivity contribution is 0.355. The van der Waals surface area contributed by atoms with Crippen LogP contribution in [0.1, 0.15) is 5.56 Å². The van der Waals surface area contributed by atoms with Crippen molar-refractivity contribution in [1.82, 2.24) is 4.98 Å². The van der Waals surface area contributed by atoms with Crippen LogP contribution in [0, 0.1) is 0 Å². The number of thiazole rings is 1. The molecule has 0 spiro atoms. The Balaban J connectivity index is 1.52. The molecule has 0 aliphatic carbocycles. The van der Waals surface area contributed by atoms with Gasteiger partial charge in [0.05, 0.1) is 31.7 Å². The molecule has 0 atom stereocenters. The molecule has 0 unspecified atom stereocenters. The largest absolute Gasteiger partial charge is 0.493 e. The quantitative estimate of drug-likeness (QED) is 0.290. The minimum atomic E-state index is -0.422. The monoisotopic (exact) mass is 407 g/mol. The van der Waals surface area contributed by atoms with Crippen molar-refractivity contribution in [3.63, 3.8) is 0 Å². The first-order valence-corrected chi connectivity index (χ1v) is 9.56. The minimum absolute atomic E-state index is 0.414. The number of hydrogen-bond donors (Lipinski definition) is 1. The van der Waals surface area contributed by atoms with E-state index in [2.05, 4.69) is 15.5 Å². The van der Waals surface area contributed by atoms with Crippen LogP contribution in [0.15, 0.2) is 68.2 Å². The predicted octanol–water partition coefficient (Wildman–Crippen LogP) is 4.38. The van der Waals surface area contributed by atoms with Crippen molar-refractivity contribution in [3.05, 3.63) is 69.9 Å². The van der Waals surface area contributed by atoms with Gasteiger partial charge in [0.25, 0.3) is 0 Å². The molecule has 1 N–H and O–H groups in total. The molecule has 0 radical (unpaired) electrons. The number of methoxy groups -OCH3 is 2. The maximum atomic E-state index is 12.3. The molecule has 8 heteroatoms. The lowest BCUT2D eigenvalue weighted by Crippen LogP contribution is -2.02. The van der Waals surface area contributed by atoms with Crippen molar-refractivity contribution in [2.24, 2.45) is 5.10 Å². The summed E-state index contributed by atoms with van der Waals surface area (Å²) in [5.41, 5.74) is 4.80. The number of aromatic nitrogens is 1. The van der Waals surface area contributed by atoms with E-state index in [1.807, 2.05) is 30.3 Å². The van der Waals surface area contributed by atoms with Crippen LogP contribution >= 0.6 is 11.3 Å². The normalized spacial score (nSPS) is 11.1. The van der Waals surface area contributed by atoms with Crippen LogP contribution in [-0.4, -0.2) is 25.4 Å². The van der Waals surface area contributed by atoms with E-state index in [0.717, 1.165) is 10.9 Å². The summed E-state index contributed by atoms with van der Waals surface area (Å²) in [6, 6.07) is 14.6. The Labute approximate surface area is 170 Å². The maximum Gasteiger partial charge on any atom is 0.345 e. The lowest BCUT2D eigenvalue weighted by atomic mass is 10.1. The second-order valence-electron chi connectivity index (χ2n) is 6.01. The summed E-state index contributed by atoms with van der Waals surface area (Å²) in [6.07, 6.45) is 1.65. The zero-order valence-corrected chi connectivity index (χ0v) is 16.5. The SMILES string of the molecule is COc1ccc(/C=N\Nc2nc(-c3cc4ccccc4oc3=O)cs2)cc1OC. The van der Waals surface area contributed by atoms with Crippen LogP contribution in [0.4, 0.5) is 5.13 Å². The van der Waals surface area contributed by atoms with Gasteiger partial charge < -0.3 is 13.9 Å². The maximum absolute atomic E-state index is 12.3. The third-order valence-electron chi connectivity index (χ3n) is 4.20. The molecule has 2 heterocycles. The highest BCUT2D eigenvalue weighted by atomic mass is 32.1. The Morgan fingerprint density at radius 1 is 1.10 bits per heavy atom. The Morgan fingerprint density at radius 2 is 1.93 bits per heavy atom. The standard InChI is InChI=1S/C21H17N3O4S/c1-26-18-8-7-13(9-19(18)27-2)11-22-24-21-23-16(12-29-21)15-10-14-5-3-4-6-17(14)28-20(15)25/h3-12H,1-2H3,(H,23,24)/b22-11-. The summed E-state index contributed by atoms with van der Waals surface area (Å²) in [5, 5.41) is 7.39. The molecule has 146 valence electrons. The Bertz CT molecular complexity index is 1250. The summed E-state index contributed by atoms with van der Waals surface area (Å²) in [5.74, 6) is 1.27. The average molecular weight is 407 g/mol. The molecule has 0 amide bonds. The molecule has 0 saturated carbocycles. The summed E-state index contributed by atoms with van der Waals surface area (Å²) in [6.45, 7) is 0. The van der Waals surface area contributed by atoms with Gasteiger partial charge in [-0.1, -0.05) is 18.2 Å². The topological polar surface area (TPSA) is 86.0 Å². The van der Waals surface area contributed by atoms with Gasteiger partial charge in [-0.2, -0.15) is 5.10 Å². The third-order valence-corrected chi connectivity index (χ3v) is 4.95. The van der Waals surface area contributed by atoms with E-state index >= 15 is 0 Å². The van der Waals surface area contributed by atoms with E-state index in [4.69, 9.17) is 13.9 Å². The van der Waals surface area contributed by atoms with Gasteiger partial charge in [-0.05, 0) is 35.9 Å². The molecular weight excluding hydrogens is 390 g/mol. The van der Waals surface area contributed by atoms with E-state index in [0.29, 0.717) is 33.5 Å². The molecule has 0 saturated heterocycles. The van der Waals surface area contributed by atoms with Gasteiger partial charge >= 0.3 is 5.63 Å². The first kappa shape index (κ1) is 18.7. The van der Waals surface area contributed by atoms with Gasteiger partial charge in [0.1, 0.15) is 5.58 Å². The minimum Gasteiger partial charge on any atom is -0.493 e. The number of benzene rings is 2. The fourth-order valence-corrected chi connectivity index (χ4v) is 3.44. The Kier molecular flexibility index (Phi) is 5.26. The fraction of sp³-hybridized carbons (Fsp3) is 0.0952. The van der Waals surface area contributed by atoms with E-state index < -0.39 is 5.63 Å². The van der Waals surface area contributed by atoms with Crippen LogP contribution in [0.25, 0.3) is 22.2 Å². The lowest BCUT2D eigenvalue weighted by Gasteiger charge is -2.07. The molecule has 0 fully saturated rings. The van der Waals surface area contributed by atoms with Gasteiger partial charge in [-0.25, -0.2) is 9.78 Å². The number of rotatable bonds is 6. The molecular formula is C21H17N3O4S. The van der Waals surface area contributed by atoms with Crippen LogP contribution in [-0.2, 0) is 0 Å². The number of ether oxygens (including phenoxy) is 2. The molecule has 7 nitrogen and oxygen atoms in total. The molecule has 0 aliphatic heterocycles.